The number of rotatable bonds is 2. The van der Waals surface area contributed by atoms with E-state index in [2.05, 4.69) is 10.6 Å². The Morgan fingerprint density at radius 1 is 1.36 bits per heavy atom. The molecule has 0 saturated carbocycles. The Labute approximate surface area is 128 Å². The zero-order valence-electron chi connectivity index (χ0n) is 12.4. The summed E-state index contributed by atoms with van der Waals surface area (Å²) in [4.78, 5) is 26.4. The van der Waals surface area contributed by atoms with Gasteiger partial charge in [-0.05, 0) is 43.4 Å². The second-order valence-corrected chi connectivity index (χ2v) is 5.93. The fourth-order valence-corrected chi connectivity index (χ4v) is 3.45. The first kappa shape index (κ1) is 14.8. The van der Waals surface area contributed by atoms with Crippen molar-refractivity contribution in [2.24, 2.45) is 0 Å². The standard InChI is InChI=1S/C16H20FN3O2/c17-13-5-1-4-12(10-13)11-19-15(22)20-9-3-7-16(20)6-2-8-18-14(16)21/h1,4-5,10H,2-3,6-9,11H2,(H,18,21)(H,19,22). The summed E-state index contributed by atoms with van der Waals surface area (Å²) in [7, 11) is 0. The number of carbonyl (C=O) groups is 2. The number of benzene rings is 1. The molecule has 2 heterocycles. The molecule has 2 fully saturated rings. The quantitative estimate of drug-likeness (QED) is 0.875. The van der Waals surface area contributed by atoms with Crippen LogP contribution in [0.25, 0.3) is 0 Å². The third-order valence-corrected chi connectivity index (χ3v) is 4.54. The summed E-state index contributed by atoms with van der Waals surface area (Å²) in [5.41, 5.74) is 0.0132. The van der Waals surface area contributed by atoms with Crippen LogP contribution < -0.4 is 10.6 Å². The lowest BCUT2D eigenvalue weighted by Crippen LogP contribution is -2.61. The van der Waals surface area contributed by atoms with E-state index in [4.69, 9.17) is 0 Å². The van der Waals surface area contributed by atoms with Gasteiger partial charge in [-0.3, -0.25) is 4.79 Å². The number of amides is 3. The van der Waals surface area contributed by atoms with Crippen LogP contribution in [0.15, 0.2) is 24.3 Å². The number of hydrogen-bond donors (Lipinski definition) is 2. The molecule has 118 valence electrons. The molecular formula is C16H20FN3O2. The van der Waals surface area contributed by atoms with Gasteiger partial charge in [0.1, 0.15) is 11.4 Å². The van der Waals surface area contributed by atoms with Crippen molar-refractivity contribution in [2.45, 2.75) is 37.8 Å². The monoisotopic (exact) mass is 305 g/mol. The maximum Gasteiger partial charge on any atom is 0.318 e. The van der Waals surface area contributed by atoms with E-state index in [1.807, 2.05) is 0 Å². The van der Waals surface area contributed by atoms with E-state index in [9.17, 15) is 14.0 Å². The van der Waals surface area contributed by atoms with E-state index >= 15 is 0 Å². The van der Waals surface area contributed by atoms with E-state index in [1.165, 1.54) is 12.1 Å². The highest BCUT2D eigenvalue weighted by molar-refractivity contribution is 5.92. The Bertz CT molecular complexity index is 593. The van der Waals surface area contributed by atoms with Crippen molar-refractivity contribution in [1.29, 1.82) is 0 Å². The van der Waals surface area contributed by atoms with Crippen molar-refractivity contribution >= 4 is 11.9 Å². The molecule has 1 unspecified atom stereocenters. The predicted molar refractivity (Wildman–Crippen MR) is 79.6 cm³/mol. The van der Waals surface area contributed by atoms with Crippen LogP contribution in [-0.4, -0.2) is 35.5 Å². The van der Waals surface area contributed by atoms with E-state index in [0.29, 0.717) is 31.5 Å². The molecule has 2 aliphatic rings. The zero-order valence-corrected chi connectivity index (χ0v) is 12.4. The van der Waals surface area contributed by atoms with E-state index < -0.39 is 5.54 Å². The number of nitrogens with one attached hydrogen (secondary N) is 2. The van der Waals surface area contributed by atoms with Gasteiger partial charge in [0.2, 0.25) is 5.91 Å². The molecule has 0 bridgehead atoms. The lowest BCUT2D eigenvalue weighted by molar-refractivity contribution is -0.132. The second-order valence-electron chi connectivity index (χ2n) is 5.93. The van der Waals surface area contributed by atoms with Crippen LogP contribution >= 0.6 is 0 Å². The molecule has 2 aliphatic heterocycles. The zero-order chi connectivity index (χ0) is 15.6. The van der Waals surface area contributed by atoms with Crippen LogP contribution in [-0.2, 0) is 11.3 Å². The maximum absolute atomic E-state index is 13.2. The molecule has 2 saturated heterocycles. The number of carbonyl (C=O) groups excluding carboxylic acids is 2. The third-order valence-electron chi connectivity index (χ3n) is 4.54. The summed E-state index contributed by atoms with van der Waals surface area (Å²) in [5.74, 6) is -0.367. The highest BCUT2D eigenvalue weighted by Crippen LogP contribution is 2.35. The minimum absolute atomic E-state index is 0.0443. The average Bonchev–Trinajstić information content (AvgIpc) is 2.93. The van der Waals surface area contributed by atoms with E-state index in [1.54, 1.807) is 17.0 Å². The number of urea groups is 1. The Hall–Kier alpha value is -2.11. The molecule has 0 aliphatic carbocycles. The fourth-order valence-electron chi connectivity index (χ4n) is 3.45. The molecule has 0 radical (unpaired) electrons. The van der Waals surface area contributed by atoms with Crippen LogP contribution in [0, 0.1) is 5.82 Å². The van der Waals surface area contributed by atoms with Gasteiger partial charge in [0, 0.05) is 19.6 Å². The van der Waals surface area contributed by atoms with Crippen LogP contribution in [0.3, 0.4) is 0 Å². The summed E-state index contributed by atoms with van der Waals surface area (Å²) in [6, 6.07) is 5.89. The molecule has 2 N–H and O–H groups in total. The molecule has 1 aromatic rings. The van der Waals surface area contributed by atoms with Gasteiger partial charge < -0.3 is 15.5 Å². The van der Waals surface area contributed by atoms with Gasteiger partial charge in [-0.1, -0.05) is 12.1 Å². The molecule has 22 heavy (non-hydrogen) atoms. The summed E-state index contributed by atoms with van der Waals surface area (Å²) in [6.45, 7) is 1.52. The molecule has 1 atom stereocenters. The summed E-state index contributed by atoms with van der Waals surface area (Å²) in [6.07, 6.45) is 3.15. The maximum atomic E-state index is 13.2. The van der Waals surface area contributed by atoms with Gasteiger partial charge in [0.25, 0.3) is 0 Å². The minimum atomic E-state index is -0.690. The van der Waals surface area contributed by atoms with Crippen LogP contribution in [0.5, 0.6) is 0 Å². The Kier molecular flexibility index (Phi) is 4.00. The van der Waals surface area contributed by atoms with Crippen molar-refractivity contribution in [2.75, 3.05) is 13.1 Å². The summed E-state index contributed by atoms with van der Waals surface area (Å²) >= 11 is 0. The molecule has 1 aromatic carbocycles. The second kappa shape index (κ2) is 5.94. The molecule has 1 spiro atoms. The SMILES string of the molecule is O=C(NCc1cccc(F)c1)N1CCCC12CCCNC2=O. The smallest absolute Gasteiger partial charge is 0.318 e. The topological polar surface area (TPSA) is 61.4 Å². The highest BCUT2D eigenvalue weighted by Gasteiger charge is 2.50. The lowest BCUT2D eigenvalue weighted by Gasteiger charge is -2.39. The Balaban J connectivity index is 1.67. The average molecular weight is 305 g/mol. The minimum Gasteiger partial charge on any atom is -0.354 e. The van der Waals surface area contributed by atoms with Crippen LogP contribution in [0.1, 0.15) is 31.2 Å². The van der Waals surface area contributed by atoms with Crippen molar-refractivity contribution in [3.63, 3.8) is 0 Å². The van der Waals surface area contributed by atoms with Gasteiger partial charge in [0.05, 0.1) is 0 Å². The van der Waals surface area contributed by atoms with Gasteiger partial charge in [-0.15, -0.1) is 0 Å². The van der Waals surface area contributed by atoms with Gasteiger partial charge in [-0.2, -0.15) is 0 Å². The third kappa shape index (κ3) is 2.65. The first-order valence-electron chi connectivity index (χ1n) is 7.70. The van der Waals surface area contributed by atoms with Crippen molar-refractivity contribution in [3.05, 3.63) is 35.6 Å². The Morgan fingerprint density at radius 3 is 2.95 bits per heavy atom. The van der Waals surface area contributed by atoms with Gasteiger partial charge in [0.15, 0.2) is 0 Å². The number of nitrogens with zero attached hydrogens (tertiary/aromatic N) is 1. The fraction of sp³-hybridized carbons (Fsp3) is 0.500. The van der Waals surface area contributed by atoms with Gasteiger partial charge >= 0.3 is 6.03 Å². The Morgan fingerprint density at radius 2 is 2.18 bits per heavy atom. The van der Waals surface area contributed by atoms with Crippen LogP contribution in [0.4, 0.5) is 9.18 Å². The number of halogens is 1. The van der Waals surface area contributed by atoms with E-state index in [-0.39, 0.29) is 24.3 Å². The predicted octanol–water partition coefficient (Wildman–Crippen LogP) is 1.78. The molecule has 3 rings (SSSR count). The molecule has 3 amide bonds. The van der Waals surface area contributed by atoms with Crippen molar-refractivity contribution in [3.8, 4) is 0 Å². The van der Waals surface area contributed by atoms with Crippen molar-refractivity contribution in [1.82, 2.24) is 15.5 Å². The first-order chi connectivity index (χ1) is 10.6. The van der Waals surface area contributed by atoms with Crippen LogP contribution in [0.2, 0.25) is 0 Å². The summed E-state index contributed by atoms with van der Waals surface area (Å²) < 4.78 is 13.2. The summed E-state index contributed by atoms with van der Waals surface area (Å²) in [5, 5.41) is 5.67. The normalized spacial score (nSPS) is 24.4. The number of likely N-dealkylation sites (tertiary alicyclic amines) is 1. The number of piperidine rings is 1. The largest absolute Gasteiger partial charge is 0.354 e. The molecule has 0 aromatic heterocycles. The van der Waals surface area contributed by atoms with Crippen molar-refractivity contribution < 1.29 is 14.0 Å². The highest BCUT2D eigenvalue weighted by atomic mass is 19.1. The lowest BCUT2D eigenvalue weighted by atomic mass is 9.86. The molecular weight excluding hydrogens is 285 g/mol. The van der Waals surface area contributed by atoms with Gasteiger partial charge in [-0.25, -0.2) is 9.18 Å². The van der Waals surface area contributed by atoms with E-state index in [0.717, 1.165) is 12.8 Å². The molecule has 5 nitrogen and oxygen atoms in total. The number of hydrogen-bond acceptors (Lipinski definition) is 2. The first-order valence-corrected chi connectivity index (χ1v) is 7.70. The molecule has 6 heteroatoms.